The highest BCUT2D eigenvalue weighted by Crippen LogP contribution is 2.33. The Bertz CT molecular complexity index is 1250. The molecule has 0 saturated heterocycles. The first-order valence-electron chi connectivity index (χ1n) is 9.12. The van der Waals surface area contributed by atoms with Crippen molar-refractivity contribution in [2.45, 2.75) is 26.4 Å². The van der Waals surface area contributed by atoms with Crippen LogP contribution in [0.5, 0.6) is 0 Å². The summed E-state index contributed by atoms with van der Waals surface area (Å²) in [4.78, 5) is 15.6. The Hall–Kier alpha value is -3.07. The van der Waals surface area contributed by atoms with Gasteiger partial charge in [0.1, 0.15) is 23.8 Å². The lowest BCUT2D eigenvalue weighted by molar-refractivity contribution is 0.626. The van der Waals surface area contributed by atoms with Crippen LogP contribution in [0.3, 0.4) is 0 Å². The van der Waals surface area contributed by atoms with E-state index in [2.05, 4.69) is 35.9 Å². The number of hydrogen-bond acceptors (Lipinski definition) is 6. The molecule has 0 amide bonds. The smallest absolute Gasteiger partial charge is 0.254 e. The monoisotopic (exact) mass is 453 g/mol. The molecular formula is C20H17BrFN7. The maximum Gasteiger partial charge on any atom is 0.254 e. The maximum atomic E-state index is 13.6. The second kappa shape index (κ2) is 6.77. The van der Waals surface area contributed by atoms with E-state index in [4.69, 9.17) is 10.7 Å². The number of halogens is 2. The van der Waals surface area contributed by atoms with Crippen LogP contribution in [0.1, 0.15) is 28.1 Å². The molecule has 0 spiro atoms. The average molecular weight is 454 g/mol. The van der Waals surface area contributed by atoms with Crippen LogP contribution in [0.15, 0.2) is 41.1 Å². The van der Waals surface area contributed by atoms with E-state index in [1.165, 1.54) is 16.9 Å². The third-order valence-electron chi connectivity index (χ3n) is 5.20. The third kappa shape index (κ3) is 3.11. The summed E-state index contributed by atoms with van der Waals surface area (Å²) in [6, 6.07) is 8.87. The first kappa shape index (κ1) is 18.0. The van der Waals surface area contributed by atoms with E-state index in [0.717, 1.165) is 38.4 Å². The molecule has 0 fully saturated rings. The molecule has 0 atom stereocenters. The van der Waals surface area contributed by atoms with Gasteiger partial charge in [-0.2, -0.15) is 14.6 Å². The molecule has 2 N–H and O–H groups in total. The van der Waals surface area contributed by atoms with Crippen LogP contribution in [0.2, 0.25) is 0 Å². The number of fused-ring (bicyclic) bond motifs is 2. The highest BCUT2D eigenvalue weighted by atomic mass is 79.9. The van der Waals surface area contributed by atoms with Crippen LogP contribution >= 0.6 is 15.9 Å². The number of nitrogens with zero attached hydrogens (tertiary/aromatic N) is 6. The number of anilines is 2. The van der Waals surface area contributed by atoms with Crippen LogP contribution in [0, 0.1) is 12.7 Å². The predicted molar refractivity (Wildman–Crippen MR) is 111 cm³/mol. The number of aromatic nitrogens is 5. The number of hydrogen-bond donors (Lipinski definition) is 1. The van der Waals surface area contributed by atoms with Crippen LogP contribution in [-0.2, 0) is 19.5 Å². The van der Waals surface area contributed by atoms with Crippen molar-refractivity contribution < 1.29 is 4.39 Å². The minimum atomic E-state index is -0.215. The van der Waals surface area contributed by atoms with E-state index in [1.807, 2.05) is 25.1 Å². The Balaban J connectivity index is 1.48. The molecule has 0 bridgehead atoms. The standard InChI is InChI=1S/C20H17BrFN7/c1-11-16(18(23)29-20(26-11)24-10-25-29)7-15-4-5-17(21)19(27-15)28-8-12-2-3-14(22)6-13(12)9-28/h2-6,10H,7-9,23H2,1H3. The number of pyridine rings is 1. The molecule has 7 nitrogen and oxygen atoms in total. The van der Waals surface area contributed by atoms with Crippen molar-refractivity contribution in [2.75, 3.05) is 10.6 Å². The van der Waals surface area contributed by atoms with Gasteiger partial charge < -0.3 is 10.6 Å². The SMILES string of the molecule is Cc1nc2ncnn2c(N)c1Cc1ccc(Br)c(N2Cc3ccc(F)cc3C2)n1. The summed E-state index contributed by atoms with van der Waals surface area (Å²) >= 11 is 3.60. The fourth-order valence-electron chi connectivity index (χ4n) is 3.72. The van der Waals surface area contributed by atoms with Crippen molar-refractivity contribution in [3.63, 3.8) is 0 Å². The summed E-state index contributed by atoms with van der Waals surface area (Å²) in [5, 5.41) is 4.14. The zero-order chi connectivity index (χ0) is 20.1. The summed E-state index contributed by atoms with van der Waals surface area (Å²) in [6.45, 7) is 3.22. The summed E-state index contributed by atoms with van der Waals surface area (Å²) < 4.78 is 16.0. The number of rotatable bonds is 3. The van der Waals surface area contributed by atoms with Gasteiger partial charge in [0.2, 0.25) is 0 Å². The van der Waals surface area contributed by atoms with Crippen LogP contribution in [0.25, 0.3) is 5.78 Å². The van der Waals surface area contributed by atoms with Gasteiger partial charge in [0, 0.05) is 36.5 Å². The minimum absolute atomic E-state index is 0.215. The molecule has 4 heterocycles. The molecule has 1 aromatic carbocycles. The largest absolute Gasteiger partial charge is 0.383 e. The van der Waals surface area contributed by atoms with Gasteiger partial charge >= 0.3 is 0 Å². The molecule has 4 aromatic rings. The normalized spacial score (nSPS) is 13.3. The Kier molecular flexibility index (Phi) is 4.20. The molecule has 0 saturated carbocycles. The first-order valence-corrected chi connectivity index (χ1v) is 9.91. The van der Waals surface area contributed by atoms with Gasteiger partial charge in [-0.1, -0.05) is 6.07 Å². The Morgan fingerprint density at radius 1 is 1.14 bits per heavy atom. The lowest BCUT2D eigenvalue weighted by atomic mass is 10.1. The van der Waals surface area contributed by atoms with Crippen molar-refractivity contribution in [1.29, 1.82) is 0 Å². The molecule has 1 aliphatic heterocycles. The van der Waals surface area contributed by atoms with Gasteiger partial charge in [-0.15, -0.1) is 0 Å². The van der Waals surface area contributed by atoms with E-state index in [0.29, 0.717) is 31.1 Å². The average Bonchev–Trinajstić information content (AvgIpc) is 3.32. The van der Waals surface area contributed by atoms with Gasteiger partial charge in [0.25, 0.3) is 5.78 Å². The number of aryl methyl sites for hydroxylation is 1. The van der Waals surface area contributed by atoms with Crippen molar-refractivity contribution in [3.8, 4) is 0 Å². The molecule has 0 radical (unpaired) electrons. The Morgan fingerprint density at radius 3 is 2.83 bits per heavy atom. The highest BCUT2D eigenvalue weighted by molar-refractivity contribution is 9.10. The topological polar surface area (TPSA) is 85.2 Å². The zero-order valence-corrected chi connectivity index (χ0v) is 17.2. The van der Waals surface area contributed by atoms with E-state index < -0.39 is 0 Å². The van der Waals surface area contributed by atoms with Crippen LogP contribution < -0.4 is 10.6 Å². The summed E-state index contributed by atoms with van der Waals surface area (Å²) in [7, 11) is 0. The fourth-order valence-corrected chi connectivity index (χ4v) is 4.19. The minimum Gasteiger partial charge on any atom is -0.383 e. The fraction of sp³-hybridized carbons (Fsp3) is 0.200. The van der Waals surface area contributed by atoms with E-state index >= 15 is 0 Å². The highest BCUT2D eigenvalue weighted by Gasteiger charge is 2.23. The zero-order valence-electron chi connectivity index (χ0n) is 15.6. The van der Waals surface area contributed by atoms with E-state index in [1.54, 1.807) is 6.07 Å². The van der Waals surface area contributed by atoms with E-state index in [-0.39, 0.29) is 5.82 Å². The molecule has 0 unspecified atom stereocenters. The van der Waals surface area contributed by atoms with Crippen LogP contribution in [-0.4, -0.2) is 24.6 Å². The molecule has 9 heteroatoms. The lowest BCUT2D eigenvalue weighted by Gasteiger charge is -2.19. The lowest BCUT2D eigenvalue weighted by Crippen LogP contribution is -2.17. The molecule has 29 heavy (non-hydrogen) atoms. The van der Waals surface area contributed by atoms with Gasteiger partial charge in [-0.3, -0.25) is 0 Å². The molecule has 3 aromatic heterocycles. The number of nitrogens with two attached hydrogens (primary N) is 1. The number of nitrogen functional groups attached to an aromatic ring is 1. The van der Waals surface area contributed by atoms with Gasteiger partial charge in [-0.25, -0.2) is 14.4 Å². The Labute approximate surface area is 174 Å². The second-order valence-electron chi connectivity index (χ2n) is 7.09. The molecule has 1 aliphatic rings. The quantitative estimate of drug-likeness (QED) is 0.511. The van der Waals surface area contributed by atoms with Crippen molar-refractivity contribution in [2.24, 2.45) is 0 Å². The molecule has 5 rings (SSSR count). The molecule has 0 aliphatic carbocycles. The van der Waals surface area contributed by atoms with Gasteiger partial charge in [0.05, 0.1) is 4.47 Å². The predicted octanol–water partition coefficient (Wildman–Crippen LogP) is 3.42. The van der Waals surface area contributed by atoms with E-state index in [9.17, 15) is 4.39 Å². The second-order valence-corrected chi connectivity index (χ2v) is 7.94. The third-order valence-corrected chi connectivity index (χ3v) is 5.82. The van der Waals surface area contributed by atoms with Gasteiger partial charge in [0.15, 0.2) is 0 Å². The Morgan fingerprint density at radius 2 is 1.97 bits per heavy atom. The maximum absolute atomic E-state index is 13.6. The van der Waals surface area contributed by atoms with Crippen LogP contribution in [0.4, 0.5) is 16.0 Å². The first-order chi connectivity index (χ1) is 14.0. The van der Waals surface area contributed by atoms with Gasteiger partial charge in [-0.05, 0) is 58.2 Å². The number of benzene rings is 1. The van der Waals surface area contributed by atoms with Crippen molar-refractivity contribution in [3.05, 3.63) is 75.0 Å². The molecule has 146 valence electrons. The summed E-state index contributed by atoms with van der Waals surface area (Å²) in [5.41, 5.74) is 11.0. The summed E-state index contributed by atoms with van der Waals surface area (Å²) in [6.07, 6.45) is 1.96. The molecular weight excluding hydrogens is 437 g/mol. The summed E-state index contributed by atoms with van der Waals surface area (Å²) in [5.74, 6) is 1.61. The van der Waals surface area contributed by atoms with Crippen molar-refractivity contribution in [1.82, 2.24) is 24.6 Å². The van der Waals surface area contributed by atoms with Crippen molar-refractivity contribution >= 4 is 33.3 Å².